The van der Waals surface area contributed by atoms with Crippen LogP contribution in [0.1, 0.15) is 16.1 Å². The van der Waals surface area contributed by atoms with Crippen molar-refractivity contribution in [1.29, 1.82) is 0 Å². The van der Waals surface area contributed by atoms with Crippen LogP contribution in [0.5, 0.6) is 0 Å². The van der Waals surface area contributed by atoms with Crippen LogP contribution >= 0.6 is 23.2 Å². The minimum absolute atomic E-state index is 0.212. The van der Waals surface area contributed by atoms with E-state index in [9.17, 15) is 4.79 Å². The average molecular weight is 299 g/mol. The van der Waals surface area contributed by atoms with Gasteiger partial charge in [-0.25, -0.2) is 0 Å². The summed E-state index contributed by atoms with van der Waals surface area (Å²) in [5.41, 5.74) is 7.11. The molecule has 2 rings (SSSR count). The molecule has 1 aromatic carbocycles. The van der Waals surface area contributed by atoms with E-state index in [0.29, 0.717) is 17.2 Å². The van der Waals surface area contributed by atoms with Gasteiger partial charge in [0.2, 0.25) is 0 Å². The van der Waals surface area contributed by atoms with E-state index < -0.39 is 5.91 Å². The van der Waals surface area contributed by atoms with Crippen molar-refractivity contribution in [3.63, 3.8) is 0 Å². The minimum Gasteiger partial charge on any atom is -0.394 e. The lowest BCUT2D eigenvalue weighted by Crippen LogP contribution is -2.16. The Morgan fingerprint density at radius 2 is 1.95 bits per heavy atom. The van der Waals surface area contributed by atoms with Gasteiger partial charge in [0.15, 0.2) is 5.82 Å². The molecule has 0 atom stereocenters. The van der Waals surface area contributed by atoms with Gasteiger partial charge in [0, 0.05) is 7.05 Å². The largest absolute Gasteiger partial charge is 0.394 e. The van der Waals surface area contributed by atoms with Crippen LogP contribution in [-0.2, 0) is 7.05 Å². The summed E-state index contributed by atoms with van der Waals surface area (Å²) in [6.07, 6.45) is 0. The van der Waals surface area contributed by atoms with Crippen LogP contribution in [0.4, 0.5) is 11.5 Å². The number of nitrogen functional groups attached to an aromatic ring is 1. The van der Waals surface area contributed by atoms with Crippen molar-refractivity contribution in [2.75, 3.05) is 11.1 Å². The van der Waals surface area contributed by atoms with Crippen LogP contribution in [0.25, 0.3) is 0 Å². The maximum absolute atomic E-state index is 12.2. The molecule has 0 aliphatic rings. The van der Waals surface area contributed by atoms with E-state index in [1.54, 1.807) is 32.2 Å². The molecule has 1 heterocycles. The number of carbonyl (C=O) groups is 1. The Balaban J connectivity index is 2.36. The van der Waals surface area contributed by atoms with Gasteiger partial charge in [-0.1, -0.05) is 29.3 Å². The van der Waals surface area contributed by atoms with E-state index in [1.165, 1.54) is 4.68 Å². The van der Waals surface area contributed by atoms with Gasteiger partial charge in [-0.3, -0.25) is 9.48 Å². The molecule has 0 bridgehead atoms. The van der Waals surface area contributed by atoms with Gasteiger partial charge in [0.25, 0.3) is 5.91 Å². The molecule has 0 aliphatic carbocycles. The number of benzene rings is 1. The number of amides is 1. The summed E-state index contributed by atoms with van der Waals surface area (Å²) < 4.78 is 1.49. The van der Waals surface area contributed by atoms with Gasteiger partial charge in [-0.2, -0.15) is 5.10 Å². The molecule has 0 unspecified atom stereocenters. The second kappa shape index (κ2) is 5.11. The first-order chi connectivity index (χ1) is 8.91. The quantitative estimate of drug-likeness (QED) is 0.895. The van der Waals surface area contributed by atoms with Gasteiger partial charge in [-0.05, 0) is 19.1 Å². The predicted molar refractivity (Wildman–Crippen MR) is 76.8 cm³/mol. The molecule has 3 N–H and O–H groups in total. The molecule has 0 fully saturated rings. The van der Waals surface area contributed by atoms with Crippen LogP contribution in [0.15, 0.2) is 18.2 Å². The number of anilines is 2. The molecule has 19 heavy (non-hydrogen) atoms. The lowest BCUT2D eigenvalue weighted by Gasteiger charge is -2.09. The highest BCUT2D eigenvalue weighted by molar-refractivity contribution is 6.40. The Morgan fingerprint density at radius 3 is 2.42 bits per heavy atom. The van der Waals surface area contributed by atoms with Crippen molar-refractivity contribution in [3.05, 3.63) is 39.5 Å². The highest BCUT2D eigenvalue weighted by atomic mass is 35.5. The first-order valence-electron chi connectivity index (χ1n) is 5.46. The fourth-order valence-electron chi connectivity index (χ4n) is 1.71. The number of nitrogens with one attached hydrogen (secondary N) is 1. The zero-order chi connectivity index (χ0) is 14.2. The monoisotopic (exact) mass is 298 g/mol. The Morgan fingerprint density at radius 1 is 1.37 bits per heavy atom. The van der Waals surface area contributed by atoms with Crippen molar-refractivity contribution < 1.29 is 4.79 Å². The Labute approximate surface area is 120 Å². The molecule has 5 nitrogen and oxygen atoms in total. The topological polar surface area (TPSA) is 72.9 Å². The number of nitrogens with zero attached hydrogens (tertiary/aromatic N) is 2. The molecular formula is C12H12Cl2N4O. The molecule has 0 saturated carbocycles. The van der Waals surface area contributed by atoms with Gasteiger partial charge < -0.3 is 11.1 Å². The number of carbonyl (C=O) groups excluding carboxylic acids is 1. The molecule has 7 heteroatoms. The van der Waals surface area contributed by atoms with Gasteiger partial charge in [-0.15, -0.1) is 0 Å². The maximum atomic E-state index is 12.2. The highest BCUT2D eigenvalue weighted by Crippen LogP contribution is 2.27. The molecular weight excluding hydrogens is 287 g/mol. The summed E-state index contributed by atoms with van der Waals surface area (Å²) in [7, 11) is 1.69. The number of hydrogen-bond donors (Lipinski definition) is 2. The fraction of sp³-hybridized carbons (Fsp3) is 0.167. The molecule has 1 aromatic heterocycles. The minimum atomic E-state index is -0.426. The van der Waals surface area contributed by atoms with Crippen LogP contribution < -0.4 is 11.1 Å². The van der Waals surface area contributed by atoms with E-state index >= 15 is 0 Å². The average Bonchev–Trinajstić information content (AvgIpc) is 2.56. The van der Waals surface area contributed by atoms with Crippen LogP contribution in [0, 0.1) is 6.92 Å². The first kappa shape index (κ1) is 13.7. The molecule has 1 amide bonds. The van der Waals surface area contributed by atoms with E-state index in [-0.39, 0.29) is 15.6 Å². The third-order valence-electron chi connectivity index (χ3n) is 2.69. The second-order valence-corrected chi connectivity index (χ2v) is 4.84. The Kier molecular flexibility index (Phi) is 3.68. The SMILES string of the molecule is Cc1nn(C)c(NC(=O)c2c(Cl)cccc2Cl)c1N. The van der Waals surface area contributed by atoms with Crippen molar-refractivity contribution in [1.82, 2.24) is 9.78 Å². The zero-order valence-electron chi connectivity index (χ0n) is 10.4. The summed E-state index contributed by atoms with van der Waals surface area (Å²) in [5, 5.41) is 7.34. The maximum Gasteiger partial charge on any atom is 0.259 e. The van der Waals surface area contributed by atoms with E-state index in [4.69, 9.17) is 28.9 Å². The van der Waals surface area contributed by atoms with Crippen molar-refractivity contribution >= 4 is 40.6 Å². The van der Waals surface area contributed by atoms with Crippen LogP contribution in [0.2, 0.25) is 10.0 Å². The summed E-state index contributed by atoms with van der Waals surface area (Å²) in [6.45, 7) is 1.76. The van der Waals surface area contributed by atoms with Gasteiger partial charge >= 0.3 is 0 Å². The van der Waals surface area contributed by atoms with Gasteiger partial charge in [0.05, 0.1) is 27.0 Å². The zero-order valence-corrected chi connectivity index (χ0v) is 11.9. The molecule has 2 aromatic rings. The molecule has 0 spiro atoms. The normalized spacial score (nSPS) is 10.5. The van der Waals surface area contributed by atoms with Crippen molar-refractivity contribution in [3.8, 4) is 0 Å². The standard InChI is InChI=1S/C12H12Cl2N4O/c1-6-10(15)11(18(2)17-6)16-12(19)9-7(13)4-3-5-8(9)14/h3-5H,15H2,1-2H3,(H,16,19). The number of rotatable bonds is 2. The number of halogens is 2. The number of aryl methyl sites for hydroxylation is 2. The second-order valence-electron chi connectivity index (χ2n) is 4.02. The highest BCUT2D eigenvalue weighted by Gasteiger charge is 2.18. The number of aromatic nitrogens is 2. The van der Waals surface area contributed by atoms with E-state index in [2.05, 4.69) is 10.4 Å². The molecule has 0 aliphatic heterocycles. The van der Waals surface area contributed by atoms with Crippen LogP contribution in [0.3, 0.4) is 0 Å². The van der Waals surface area contributed by atoms with E-state index in [1.807, 2.05) is 0 Å². The van der Waals surface area contributed by atoms with Crippen molar-refractivity contribution in [2.45, 2.75) is 6.92 Å². The third-order valence-corrected chi connectivity index (χ3v) is 3.32. The molecule has 0 saturated heterocycles. The Bertz CT molecular complexity index is 631. The smallest absolute Gasteiger partial charge is 0.259 e. The third kappa shape index (κ3) is 2.52. The molecule has 100 valence electrons. The van der Waals surface area contributed by atoms with Crippen LogP contribution in [-0.4, -0.2) is 15.7 Å². The lowest BCUT2D eigenvalue weighted by atomic mass is 10.2. The number of hydrogen-bond acceptors (Lipinski definition) is 3. The van der Waals surface area contributed by atoms with Gasteiger partial charge in [0.1, 0.15) is 0 Å². The predicted octanol–water partition coefficient (Wildman–Crippen LogP) is 2.87. The number of nitrogens with two attached hydrogens (primary N) is 1. The first-order valence-corrected chi connectivity index (χ1v) is 6.22. The summed E-state index contributed by atoms with van der Waals surface area (Å²) >= 11 is 12.0. The lowest BCUT2D eigenvalue weighted by molar-refractivity contribution is 0.102. The Hall–Kier alpha value is -1.72. The fourth-order valence-corrected chi connectivity index (χ4v) is 2.28. The molecule has 0 radical (unpaired) electrons. The summed E-state index contributed by atoms with van der Waals surface area (Å²) in [5.74, 6) is -0.0104. The summed E-state index contributed by atoms with van der Waals surface area (Å²) in [4.78, 5) is 12.2. The summed E-state index contributed by atoms with van der Waals surface area (Å²) in [6, 6.07) is 4.87. The van der Waals surface area contributed by atoms with Crippen molar-refractivity contribution in [2.24, 2.45) is 7.05 Å². The van der Waals surface area contributed by atoms with E-state index in [0.717, 1.165) is 0 Å².